The average molecular weight is 240 g/mol. The first-order valence-corrected chi connectivity index (χ1v) is 5.57. The minimum Gasteiger partial charge on any atom is -0.481 e. The molecule has 1 rings (SSSR count). The lowest BCUT2D eigenvalue weighted by molar-refractivity contribution is -0.145. The van der Waals surface area contributed by atoms with Gasteiger partial charge in [0, 0.05) is 0 Å². The summed E-state index contributed by atoms with van der Waals surface area (Å²) in [7, 11) is 0. The van der Waals surface area contributed by atoms with E-state index in [1.54, 1.807) is 32.0 Å². The predicted octanol–water partition coefficient (Wildman–Crippen LogP) is 2.09. The number of carboxylic acids is 1. The van der Waals surface area contributed by atoms with E-state index in [-0.39, 0.29) is 6.42 Å². The summed E-state index contributed by atoms with van der Waals surface area (Å²) in [5, 5.41) is 18.5. The molecule has 0 saturated carbocycles. The molecule has 94 valence electrons. The largest absolute Gasteiger partial charge is 0.481 e. The van der Waals surface area contributed by atoms with E-state index in [4.69, 9.17) is 5.11 Å². The lowest BCUT2D eigenvalue weighted by Crippen LogP contribution is -2.31. The molecule has 3 nitrogen and oxygen atoms in total. The van der Waals surface area contributed by atoms with Crippen molar-refractivity contribution in [1.82, 2.24) is 0 Å². The average Bonchev–Trinajstić information content (AvgIpc) is 2.26. The van der Waals surface area contributed by atoms with E-state index >= 15 is 0 Å². The van der Waals surface area contributed by atoms with Gasteiger partial charge >= 0.3 is 5.97 Å². The van der Waals surface area contributed by atoms with Crippen LogP contribution in [0.5, 0.6) is 0 Å². The summed E-state index contributed by atoms with van der Waals surface area (Å²) in [5.74, 6) is -2.63. The van der Waals surface area contributed by atoms with Gasteiger partial charge in [-0.15, -0.1) is 0 Å². The number of hydrogen-bond acceptors (Lipinski definition) is 2. The van der Waals surface area contributed by atoms with Gasteiger partial charge in [0.1, 0.15) is 5.82 Å². The van der Waals surface area contributed by atoms with Crippen molar-refractivity contribution < 1.29 is 19.4 Å². The Balaban J connectivity index is 2.88. The van der Waals surface area contributed by atoms with Gasteiger partial charge in [-0.25, -0.2) is 4.39 Å². The molecule has 1 aromatic carbocycles. The summed E-state index contributed by atoms with van der Waals surface area (Å²) in [6.45, 7) is 3.20. The molecule has 0 aliphatic carbocycles. The van der Waals surface area contributed by atoms with Crippen molar-refractivity contribution in [3.8, 4) is 0 Å². The maximum Gasteiger partial charge on any atom is 0.307 e. The zero-order valence-corrected chi connectivity index (χ0v) is 9.93. The first kappa shape index (κ1) is 13.6. The van der Waals surface area contributed by atoms with Gasteiger partial charge in [0.05, 0.1) is 12.0 Å². The van der Waals surface area contributed by atoms with Crippen LogP contribution in [0.15, 0.2) is 24.3 Å². The highest BCUT2D eigenvalue weighted by Gasteiger charge is 2.28. The molecule has 0 aromatic heterocycles. The number of benzene rings is 1. The van der Waals surface area contributed by atoms with Gasteiger partial charge in [0.25, 0.3) is 0 Å². The van der Waals surface area contributed by atoms with Crippen molar-refractivity contribution in [1.29, 1.82) is 0 Å². The van der Waals surface area contributed by atoms with Gasteiger partial charge in [-0.1, -0.05) is 25.1 Å². The molecule has 3 atom stereocenters. The van der Waals surface area contributed by atoms with Crippen LogP contribution in [0.2, 0.25) is 0 Å². The molecule has 1 aromatic rings. The van der Waals surface area contributed by atoms with Gasteiger partial charge in [-0.05, 0) is 30.9 Å². The minimum absolute atomic E-state index is 0.0913. The molecule has 2 N–H and O–H groups in total. The van der Waals surface area contributed by atoms with E-state index < -0.39 is 29.7 Å². The highest BCUT2D eigenvalue weighted by atomic mass is 19.1. The highest BCUT2D eigenvalue weighted by Crippen LogP contribution is 2.22. The number of carbonyl (C=O) groups is 1. The molecule has 4 heteroatoms. The standard InChI is InChI=1S/C13H17FO3/c1-8(9(2)15)11(13(16)17)7-10-5-3-4-6-12(10)14/h3-6,8-9,11,15H,7H2,1-2H3,(H,16,17). The maximum atomic E-state index is 13.4. The van der Waals surface area contributed by atoms with Gasteiger partial charge < -0.3 is 10.2 Å². The Morgan fingerprint density at radius 2 is 1.94 bits per heavy atom. The summed E-state index contributed by atoms with van der Waals surface area (Å²) in [4.78, 5) is 11.1. The Morgan fingerprint density at radius 1 is 1.35 bits per heavy atom. The van der Waals surface area contributed by atoms with Gasteiger partial charge in [0.15, 0.2) is 0 Å². The van der Waals surface area contributed by atoms with Crippen LogP contribution in [0.4, 0.5) is 4.39 Å². The Hall–Kier alpha value is -1.42. The van der Waals surface area contributed by atoms with Crippen LogP contribution < -0.4 is 0 Å². The summed E-state index contributed by atoms with van der Waals surface area (Å²) in [6, 6.07) is 6.11. The molecule has 17 heavy (non-hydrogen) atoms. The highest BCUT2D eigenvalue weighted by molar-refractivity contribution is 5.70. The predicted molar refractivity (Wildman–Crippen MR) is 62.1 cm³/mol. The Labute approximate surface area is 99.9 Å². The second-order valence-corrected chi connectivity index (χ2v) is 4.34. The third-order valence-corrected chi connectivity index (χ3v) is 3.11. The summed E-state index contributed by atoms with van der Waals surface area (Å²) in [6.07, 6.45) is -0.642. The molecular weight excluding hydrogens is 223 g/mol. The molecule has 0 spiro atoms. The van der Waals surface area contributed by atoms with Crippen molar-refractivity contribution in [2.75, 3.05) is 0 Å². The fourth-order valence-corrected chi connectivity index (χ4v) is 1.74. The number of aliphatic carboxylic acids is 1. The van der Waals surface area contributed by atoms with Crippen LogP contribution in [0.1, 0.15) is 19.4 Å². The van der Waals surface area contributed by atoms with Crippen LogP contribution in [-0.4, -0.2) is 22.3 Å². The first-order chi connectivity index (χ1) is 7.93. The minimum atomic E-state index is -1.01. The normalized spacial score (nSPS) is 16.2. The smallest absolute Gasteiger partial charge is 0.307 e. The van der Waals surface area contributed by atoms with E-state index in [1.807, 2.05) is 0 Å². The number of rotatable bonds is 5. The lowest BCUT2D eigenvalue weighted by atomic mass is 9.85. The van der Waals surface area contributed by atoms with E-state index in [1.165, 1.54) is 6.07 Å². The maximum absolute atomic E-state index is 13.4. The molecule has 0 radical (unpaired) electrons. The third-order valence-electron chi connectivity index (χ3n) is 3.11. The zero-order valence-electron chi connectivity index (χ0n) is 9.93. The van der Waals surface area contributed by atoms with Crippen LogP contribution in [-0.2, 0) is 11.2 Å². The molecular formula is C13H17FO3. The Bertz CT molecular complexity index is 390. The quantitative estimate of drug-likeness (QED) is 0.828. The molecule has 3 unspecified atom stereocenters. The van der Waals surface area contributed by atoms with Gasteiger partial charge in [0.2, 0.25) is 0 Å². The third kappa shape index (κ3) is 3.53. The molecule has 0 amide bonds. The van der Waals surface area contributed by atoms with Crippen molar-refractivity contribution in [2.45, 2.75) is 26.4 Å². The summed E-state index contributed by atoms with van der Waals surface area (Å²) >= 11 is 0. The number of halogens is 1. The van der Waals surface area contributed by atoms with Crippen molar-refractivity contribution >= 4 is 5.97 Å². The zero-order chi connectivity index (χ0) is 13.0. The van der Waals surface area contributed by atoms with E-state index in [9.17, 15) is 14.3 Å². The van der Waals surface area contributed by atoms with Crippen molar-refractivity contribution in [2.24, 2.45) is 11.8 Å². The van der Waals surface area contributed by atoms with E-state index in [2.05, 4.69) is 0 Å². The van der Waals surface area contributed by atoms with Crippen LogP contribution in [0.25, 0.3) is 0 Å². The van der Waals surface area contributed by atoms with Crippen LogP contribution in [0.3, 0.4) is 0 Å². The van der Waals surface area contributed by atoms with Crippen LogP contribution >= 0.6 is 0 Å². The molecule has 0 fully saturated rings. The van der Waals surface area contributed by atoms with Crippen molar-refractivity contribution in [3.63, 3.8) is 0 Å². The fraction of sp³-hybridized carbons (Fsp3) is 0.462. The number of hydrogen-bond donors (Lipinski definition) is 2. The second-order valence-electron chi connectivity index (χ2n) is 4.34. The number of carboxylic acid groups (broad SMARTS) is 1. The molecule has 0 heterocycles. The molecule has 0 aliphatic rings. The van der Waals surface area contributed by atoms with E-state index in [0.717, 1.165) is 0 Å². The SMILES string of the molecule is CC(O)C(C)C(Cc1ccccc1F)C(=O)O. The molecule has 0 saturated heterocycles. The van der Waals surface area contributed by atoms with Crippen molar-refractivity contribution in [3.05, 3.63) is 35.6 Å². The second kappa shape index (κ2) is 5.77. The van der Waals surface area contributed by atoms with E-state index in [0.29, 0.717) is 5.56 Å². The first-order valence-electron chi connectivity index (χ1n) is 5.57. The Kier molecular flexibility index (Phi) is 4.63. The molecule has 0 bridgehead atoms. The summed E-state index contributed by atoms with van der Waals surface area (Å²) in [5.41, 5.74) is 0.368. The monoisotopic (exact) mass is 240 g/mol. The number of aliphatic hydroxyl groups excluding tert-OH is 1. The van der Waals surface area contributed by atoms with Gasteiger partial charge in [-0.2, -0.15) is 0 Å². The van der Waals surface area contributed by atoms with Gasteiger partial charge in [-0.3, -0.25) is 4.79 Å². The topological polar surface area (TPSA) is 57.5 Å². The lowest BCUT2D eigenvalue weighted by Gasteiger charge is -2.22. The summed E-state index contributed by atoms with van der Waals surface area (Å²) < 4.78 is 13.4. The molecule has 0 aliphatic heterocycles. The van der Waals surface area contributed by atoms with Crippen LogP contribution in [0, 0.1) is 17.7 Å². The Morgan fingerprint density at radius 3 is 2.41 bits per heavy atom. The fourth-order valence-electron chi connectivity index (χ4n) is 1.74. The number of aliphatic hydroxyl groups is 1.